The maximum absolute atomic E-state index is 11.3. The minimum absolute atomic E-state index is 0.104. The number of thioether (sulfide) groups is 1. The first-order valence-electron chi connectivity index (χ1n) is 6.58. The molecule has 4 nitrogen and oxygen atoms in total. The summed E-state index contributed by atoms with van der Waals surface area (Å²) in [5.41, 5.74) is 0.987. The summed E-state index contributed by atoms with van der Waals surface area (Å²) in [4.78, 5) is 14.9. The maximum atomic E-state index is 11.3. The minimum Gasteiger partial charge on any atom is -0.324 e. The molecule has 0 spiro atoms. The topological polar surface area (TPSA) is 44.4 Å². The fraction of sp³-hybridized carbons (Fsp3) is 0.615. The second-order valence-electron chi connectivity index (χ2n) is 4.76. The summed E-state index contributed by atoms with van der Waals surface area (Å²) >= 11 is 3.42. The van der Waals surface area contributed by atoms with E-state index < -0.39 is 0 Å². The molecule has 6 heteroatoms. The Balaban J connectivity index is 1.89. The smallest absolute Gasteiger partial charge is 0.234 e. The third-order valence-electron chi connectivity index (χ3n) is 3.24. The molecule has 1 aromatic rings. The largest absolute Gasteiger partial charge is 0.324 e. The molecule has 0 saturated heterocycles. The van der Waals surface area contributed by atoms with Crippen molar-refractivity contribution in [3.63, 3.8) is 0 Å². The van der Waals surface area contributed by atoms with Crippen LogP contribution in [0, 0.1) is 0 Å². The van der Waals surface area contributed by atoms with Crippen molar-refractivity contribution in [3.05, 3.63) is 10.9 Å². The fourth-order valence-corrected chi connectivity index (χ4v) is 4.02. The van der Waals surface area contributed by atoms with Gasteiger partial charge in [-0.3, -0.25) is 4.79 Å². The highest BCUT2D eigenvalue weighted by molar-refractivity contribution is 8.02. The molecular weight excluding hydrogens is 278 g/mol. The molecule has 1 amide bonds. The van der Waals surface area contributed by atoms with Crippen LogP contribution < -0.4 is 10.6 Å². The van der Waals surface area contributed by atoms with Crippen LogP contribution >= 0.6 is 23.1 Å². The van der Waals surface area contributed by atoms with Crippen molar-refractivity contribution in [2.24, 2.45) is 0 Å². The highest BCUT2D eigenvalue weighted by Gasteiger charge is 2.20. The molecule has 2 heterocycles. The normalized spacial score (nSPS) is 16.3. The lowest BCUT2D eigenvalue weighted by molar-refractivity contribution is -0.113. The van der Waals surface area contributed by atoms with Crippen LogP contribution in [0.3, 0.4) is 0 Å². The van der Waals surface area contributed by atoms with Crippen molar-refractivity contribution < 1.29 is 4.79 Å². The lowest BCUT2D eigenvalue weighted by Crippen LogP contribution is -2.30. The number of likely N-dealkylation sites (N-methyl/N-ethyl adjacent to an activating group) is 1. The minimum atomic E-state index is 0.104. The van der Waals surface area contributed by atoms with E-state index in [0.29, 0.717) is 11.8 Å². The molecular formula is C13H21N3OS2. The number of carbonyl (C=O) groups excluding carboxylic acids is 1. The maximum Gasteiger partial charge on any atom is 0.234 e. The van der Waals surface area contributed by atoms with E-state index in [2.05, 4.69) is 42.5 Å². The van der Waals surface area contributed by atoms with E-state index in [1.54, 1.807) is 23.1 Å². The molecule has 106 valence electrons. The van der Waals surface area contributed by atoms with Crippen LogP contribution in [-0.2, 0) is 4.79 Å². The van der Waals surface area contributed by atoms with Crippen molar-refractivity contribution >= 4 is 34.7 Å². The Morgan fingerprint density at radius 1 is 1.58 bits per heavy atom. The monoisotopic (exact) mass is 299 g/mol. The van der Waals surface area contributed by atoms with E-state index in [9.17, 15) is 4.79 Å². The number of hydrogen-bond donors (Lipinski definition) is 2. The van der Waals surface area contributed by atoms with Gasteiger partial charge >= 0.3 is 0 Å². The number of nitrogens with one attached hydrogen (secondary N) is 2. The van der Waals surface area contributed by atoms with Crippen molar-refractivity contribution in [3.8, 4) is 0 Å². The molecule has 0 unspecified atom stereocenters. The number of carbonyl (C=O) groups is 1. The Bertz CT molecular complexity index is 447. The van der Waals surface area contributed by atoms with Gasteiger partial charge in [0.25, 0.3) is 0 Å². The molecule has 0 radical (unpaired) electrons. The van der Waals surface area contributed by atoms with Crippen LogP contribution in [0.5, 0.6) is 0 Å². The van der Waals surface area contributed by atoms with E-state index in [0.717, 1.165) is 25.3 Å². The zero-order valence-electron chi connectivity index (χ0n) is 11.7. The molecule has 1 aliphatic rings. The molecule has 0 aliphatic carbocycles. The average Bonchev–Trinajstić information content (AvgIpc) is 2.81. The highest BCUT2D eigenvalue weighted by atomic mass is 32.2. The first kappa shape index (κ1) is 14.8. The van der Waals surface area contributed by atoms with Crippen LogP contribution in [0.15, 0.2) is 10.3 Å². The zero-order chi connectivity index (χ0) is 13.8. The molecule has 2 N–H and O–H groups in total. The van der Waals surface area contributed by atoms with Gasteiger partial charge in [-0.2, -0.15) is 0 Å². The second kappa shape index (κ2) is 6.74. The van der Waals surface area contributed by atoms with Gasteiger partial charge in [0.1, 0.15) is 0 Å². The van der Waals surface area contributed by atoms with E-state index >= 15 is 0 Å². The van der Waals surface area contributed by atoms with Gasteiger partial charge in [0.05, 0.1) is 15.6 Å². The van der Waals surface area contributed by atoms with Crippen molar-refractivity contribution in [1.82, 2.24) is 10.2 Å². The molecule has 2 rings (SSSR count). The number of rotatable bonds is 6. The SMILES string of the molecule is CCN(C)CCN[C@H](C)c1cc2c(s1)SCC(=O)N2. The molecule has 0 fully saturated rings. The average molecular weight is 299 g/mol. The highest BCUT2D eigenvalue weighted by Crippen LogP contribution is 2.40. The third kappa shape index (κ3) is 3.95. The summed E-state index contributed by atoms with van der Waals surface area (Å²) < 4.78 is 1.23. The standard InChI is InChI=1S/C13H21N3OS2/c1-4-16(3)6-5-14-9(2)11-7-10-13(19-11)18-8-12(17)15-10/h7,9,14H,4-6,8H2,1-3H3,(H,15,17)/t9-/m1/s1. The number of anilines is 1. The van der Waals surface area contributed by atoms with Crippen LogP contribution in [0.4, 0.5) is 5.69 Å². The lowest BCUT2D eigenvalue weighted by atomic mass is 10.2. The van der Waals surface area contributed by atoms with Crippen LogP contribution in [-0.4, -0.2) is 43.2 Å². The summed E-state index contributed by atoms with van der Waals surface area (Å²) in [7, 11) is 2.13. The van der Waals surface area contributed by atoms with E-state index in [1.807, 2.05) is 0 Å². The third-order valence-corrected chi connectivity index (χ3v) is 5.84. The van der Waals surface area contributed by atoms with Gasteiger partial charge in [-0.1, -0.05) is 6.92 Å². The van der Waals surface area contributed by atoms with Crippen molar-refractivity contribution in [2.75, 3.05) is 37.8 Å². The number of thiophene rings is 1. The van der Waals surface area contributed by atoms with E-state index in [-0.39, 0.29) is 5.91 Å². The first-order valence-corrected chi connectivity index (χ1v) is 8.38. The molecule has 1 aliphatic heterocycles. The van der Waals surface area contributed by atoms with Gasteiger partial charge < -0.3 is 15.5 Å². The van der Waals surface area contributed by atoms with Gasteiger partial charge in [0, 0.05) is 24.0 Å². The summed E-state index contributed by atoms with van der Waals surface area (Å²) in [6.07, 6.45) is 0. The Labute approximate surface area is 122 Å². The van der Waals surface area contributed by atoms with Crippen molar-refractivity contribution in [1.29, 1.82) is 0 Å². The Hall–Kier alpha value is -0.560. The number of amides is 1. The Morgan fingerprint density at radius 3 is 3.11 bits per heavy atom. The Morgan fingerprint density at radius 2 is 2.37 bits per heavy atom. The Kier molecular flexibility index (Phi) is 5.27. The fourth-order valence-electron chi connectivity index (χ4n) is 1.85. The number of nitrogens with zero attached hydrogens (tertiary/aromatic N) is 1. The predicted molar refractivity (Wildman–Crippen MR) is 83.3 cm³/mol. The first-order chi connectivity index (χ1) is 9.10. The second-order valence-corrected chi connectivity index (χ2v) is 7.09. The summed E-state index contributed by atoms with van der Waals surface area (Å²) in [5, 5.41) is 6.46. The number of fused-ring (bicyclic) bond motifs is 1. The number of hydrogen-bond acceptors (Lipinski definition) is 5. The zero-order valence-corrected chi connectivity index (χ0v) is 13.3. The van der Waals surface area contributed by atoms with Gasteiger partial charge in [0.2, 0.25) is 5.91 Å². The van der Waals surface area contributed by atoms with Gasteiger partial charge in [0.15, 0.2) is 0 Å². The van der Waals surface area contributed by atoms with Gasteiger partial charge in [-0.25, -0.2) is 0 Å². The van der Waals surface area contributed by atoms with Crippen LogP contribution in [0.1, 0.15) is 24.8 Å². The van der Waals surface area contributed by atoms with Crippen LogP contribution in [0.2, 0.25) is 0 Å². The van der Waals surface area contributed by atoms with E-state index in [4.69, 9.17) is 0 Å². The summed E-state index contributed by atoms with van der Waals surface area (Å²) in [6, 6.07) is 2.43. The molecule has 1 atom stereocenters. The van der Waals surface area contributed by atoms with Crippen LogP contribution in [0.25, 0.3) is 0 Å². The molecule has 0 saturated carbocycles. The van der Waals surface area contributed by atoms with Gasteiger partial charge in [-0.15, -0.1) is 23.1 Å². The lowest BCUT2D eigenvalue weighted by Gasteiger charge is -2.17. The van der Waals surface area contributed by atoms with E-state index in [1.165, 1.54) is 9.09 Å². The quantitative estimate of drug-likeness (QED) is 0.846. The van der Waals surface area contributed by atoms with Gasteiger partial charge in [-0.05, 0) is 26.6 Å². The summed E-state index contributed by atoms with van der Waals surface area (Å²) in [6.45, 7) is 7.45. The predicted octanol–water partition coefficient (Wildman–Crippen LogP) is 2.39. The van der Waals surface area contributed by atoms with Crippen molar-refractivity contribution in [2.45, 2.75) is 24.1 Å². The molecule has 19 heavy (non-hydrogen) atoms. The molecule has 1 aromatic heterocycles. The summed E-state index contributed by atoms with van der Waals surface area (Å²) in [5.74, 6) is 0.641. The molecule has 0 bridgehead atoms. The molecule has 0 aromatic carbocycles.